The molecule has 0 aliphatic rings. The van der Waals surface area contributed by atoms with Crippen LogP contribution in [-0.2, 0) is 0 Å². The highest BCUT2D eigenvalue weighted by Gasteiger charge is 1.90. The van der Waals surface area contributed by atoms with Crippen molar-refractivity contribution < 1.29 is 4.52 Å². The van der Waals surface area contributed by atoms with Gasteiger partial charge in [0.2, 0.25) is 0 Å². The molecule has 0 radical (unpaired) electrons. The second kappa shape index (κ2) is 1.61. The van der Waals surface area contributed by atoms with E-state index in [0.29, 0.717) is 0 Å². The molecule has 0 saturated heterocycles. The van der Waals surface area contributed by atoms with Crippen molar-refractivity contribution in [1.82, 2.24) is 10.1 Å². The Labute approximate surface area is 43.8 Å². The Balaban J connectivity index is 3.18. The van der Waals surface area contributed by atoms with Gasteiger partial charge >= 0.3 is 5.76 Å². The van der Waals surface area contributed by atoms with E-state index >= 15 is 0 Å². The van der Waals surface area contributed by atoms with Gasteiger partial charge in [0.05, 0.1) is 6.21 Å². The normalized spacial score (nSPS) is 9.00. The van der Waals surface area contributed by atoms with Crippen molar-refractivity contribution in [3.63, 3.8) is 0 Å². The van der Waals surface area contributed by atoms with Crippen LogP contribution in [0.2, 0.25) is 0 Å². The van der Waals surface area contributed by atoms with Gasteiger partial charge in [-0.15, -0.1) is 0 Å². The minimum atomic E-state index is -0.636. The molecule has 1 rings (SSSR count). The number of hydrogen-bond donors (Lipinski definition) is 2. The molecule has 0 aliphatic carbocycles. The molecule has 1 aromatic heterocycles. The molecule has 0 amide bonds. The lowest BCUT2D eigenvalue weighted by Gasteiger charge is -1.65. The molecule has 0 aliphatic heterocycles. The van der Waals surface area contributed by atoms with E-state index < -0.39 is 5.76 Å². The summed E-state index contributed by atoms with van der Waals surface area (Å²) in [7, 11) is 0. The first-order chi connectivity index (χ1) is 3.83. The van der Waals surface area contributed by atoms with Crippen LogP contribution in [0.4, 0.5) is 0 Å². The fraction of sp³-hybridized carbons (Fsp3) is 0. The number of aromatic amines is 1. The molecule has 0 saturated carbocycles. The average molecular weight is 113 g/mol. The minimum Gasteiger partial charge on any atom is -0.305 e. The van der Waals surface area contributed by atoms with Crippen molar-refractivity contribution >= 4 is 6.21 Å². The third kappa shape index (κ3) is 0.651. The van der Waals surface area contributed by atoms with Gasteiger partial charge in [0.25, 0.3) is 0 Å². The van der Waals surface area contributed by atoms with E-state index in [1.807, 2.05) is 0 Å². The van der Waals surface area contributed by atoms with Gasteiger partial charge in [-0.05, 0) is 0 Å². The predicted octanol–water partition coefficient (Wildman–Crippen LogP) is -0.639. The number of hydrogen-bond acceptors (Lipinski definition) is 4. The standard InChI is InChI=1S/C3H3N3O2/c4-1-2-5-3(7)8-6-2/h1,4H,(H,5,6,7). The van der Waals surface area contributed by atoms with Gasteiger partial charge in [-0.3, -0.25) is 9.51 Å². The maximum atomic E-state index is 10.1. The summed E-state index contributed by atoms with van der Waals surface area (Å²) in [5, 5.41) is 9.69. The van der Waals surface area contributed by atoms with Gasteiger partial charge in [0, 0.05) is 0 Å². The van der Waals surface area contributed by atoms with E-state index in [4.69, 9.17) is 5.41 Å². The van der Waals surface area contributed by atoms with Crippen molar-refractivity contribution in [2.75, 3.05) is 0 Å². The van der Waals surface area contributed by atoms with Crippen LogP contribution in [0, 0.1) is 5.41 Å². The van der Waals surface area contributed by atoms with Gasteiger partial charge < -0.3 is 5.41 Å². The lowest BCUT2D eigenvalue weighted by Crippen LogP contribution is -1.95. The quantitative estimate of drug-likeness (QED) is 0.475. The lowest BCUT2D eigenvalue weighted by molar-refractivity contribution is 0.385. The van der Waals surface area contributed by atoms with Gasteiger partial charge in [0.1, 0.15) is 0 Å². The second-order valence-electron chi connectivity index (χ2n) is 1.12. The van der Waals surface area contributed by atoms with Gasteiger partial charge in [-0.1, -0.05) is 5.16 Å². The third-order valence-corrected chi connectivity index (χ3v) is 0.594. The highest BCUT2D eigenvalue weighted by molar-refractivity contribution is 5.70. The Hall–Kier alpha value is -1.39. The van der Waals surface area contributed by atoms with E-state index in [1.165, 1.54) is 0 Å². The van der Waals surface area contributed by atoms with Crippen molar-refractivity contribution in [3.05, 3.63) is 16.4 Å². The molecule has 8 heavy (non-hydrogen) atoms. The fourth-order valence-corrected chi connectivity index (χ4v) is 0.303. The van der Waals surface area contributed by atoms with Crippen LogP contribution in [0.5, 0.6) is 0 Å². The lowest BCUT2D eigenvalue weighted by atomic mass is 10.7. The first-order valence-corrected chi connectivity index (χ1v) is 1.89. The number of nitrogens with one attached hydrogen (secondary N) is 2. The van der Waals surface area contributed by atoms with Gasteiger partial charge in [-0.25, -0.2) is 4.79 Å². The molecular weight excluding hydrogens is 110 g/mol. The summed E-state index contributed by atoms with van der Waals surface area (Å²) >= 11 is 0. The van der Waals surface area contributed by atoms with Gasteiger partial charge in [-0.2, -0.15) is 0 Å². The Morgan fingerprint density at radius 2 is 2.62 bits per heavy atom. The Kier molecular flexibility index (Phi) is 0.957. The molecule has 0 atom stereocenters. The molecule has 5 heteroatoms. The maximum Gasteiger partial charge on any atom is 0.439 e. The third-order valence-electron chi connectivity index (χ3n) is 0.594. The summed E-state index contributed by atoms with van der Waals surface area (Å²) in [6.07, 6.45) is 0.894. The van der Waals surface area contributed by atoms with Crippen LogP contribution in [0.25, 0.3) is 0 Å². The predicted molar refractivity (Wildman–Crippen MR) is 25.0 cm³/mol. The smallest absolute Gasteiger partial charge is 0.305 e. The monoisotopic (exact) mass is 113 g/mol. The first-order valence-electron chi connectivity index (χ1n) is 1.89. The van der Waals surface area contributed by atoms with Crippen molar-refractivity contribution in [2.45, 2.75) is 0 Å². The summed E-state index contributed by atoms with van der Waals surface area (Å²) in [6, 6.07) is 0. The van der Waals surface area contributed by atoms with E-state index in [0.717, 1.165) is 6.21 Å². The average Bonchev–Trinajstić information content (AvgIpc) is 2.14. The zero-order valence-electron chi connectivity index (χ0n) is 3.84. The van der Waals surface area contributed by atoms with Crippen LogP contribution < -0.4 is 5.76 Å². The number of H-pyrrole nitrogens is 1. The topological polar surface area (TPSA) is 82.7 Å². The van der Waals surface area contributed by atoms with Crippen molar-refractivity contribution in [2.24, 2.45) is 0 Å². The molecule has 0 aromatic carbocycles. The zero-order valence-corrected chi connectivity index (χ0v) is 3.84. The Bertz CT molecular complexity index is 235. The Morgan fingerprint density at radius 3 is 2.88 bits per heavy atom. The molecule has 1 aromatic rings. The van der Waals surface area contributed by atoms with E-state index in [9.17, 15) is 4.79 Å². The summed E-state index contributed by atoms with van der Waals surface area (Å²) in [6.45, 7) is 0. The van der Waals surface area contributed by atoms with Gasteiger partial charge in [0.15, 0.2) is 5.82 Å². The molecule has 0 fully saturated rings. The number of aromatic nitrogens is 2. The first kappa shape index (κ1) is 4.76. The maximum absolute atomic E-state index is 10.1. The van der Waals surface area contributed by atoms with E-state index in [2.05, 4.69) is 14.7 Å². The van der Waals surface area contributed by atoms with Crippen molar-refractivity contribution in [3.8, 4) is 0 Å². The molecule has 2 N–H and O–H groups in total. The van der Waals surface area contributed by atoms with Crippen molar-refractivity contribution in [1.29, 1.82) is 5.41 Å². The Morgan fingerprint density at radius 1 is 1.88 bits per heavy atom. The number of rotatable bonds is 1. The van der Waals surface area contributed by atoms with Crippen LogP contribution in [0.3, 0.4) is 0 Å². The minimum absolute atomic E-state index is 0.134. The molecular formula is C3H3N3O2. The van der Waals surface area contributed by atoms with Crippen LogP contribution in [0.15, 0.2) is 9.32 Å². The van der Waals surface area contributed by atoms with Crippen LogP contribution in [0.1, 0.15) is 5.82 Å². The van der Waals surface area contributed by atoms with Crippen LogP contribution in [-0.4, -0.2) is 16.4 Å². The highest BCUT2D eigenvalue weighted by Crippen LogP contribution is 1.71. The van der Waals surface area contributed by atoms with Crippen LogP contribution >= 0.6 is 0 Å². The zero-order chi connectivity index (χ0) is 5.98. The highest BCUT2D eigenvalue weighted by atomic mass is 16.5. The molecule has 42 valence electrons. The summed E-state index contributed by atoms with van der Waals surface area (Å²) in [5.41, 5.74) is 0. The summed E-state index contributed by atoms with van der Waals surface area (Å²) in [5.74, 6) is -0.501. The number of nitrogens with zero attached hydrogens (tertiary/aromatic N) is 1. The molecule has 0 spiro atoms. The molecule has 0 bridgehead atoms. The summed E-state index contributed by atoms with van der Waals surface area (Å²) in [4.78, 5) is 12.2. The molecule has 0 unspecified atom stereocenters. The SMILES string of the molecule is N=Cc1noc(=O)[nH]1. The summed E-state index contributed by atoms with van der Waals surface area (Å²) < 4.78 is 4.04. The largest absolute Gasteiger partial charge is 0.439 e. The van der Waals surface area contributed by atoms with E-state index in [1.54, 1.807) is 0 Å². The molecule has 5 nitrogen and oxygen atoms in total. The molecule has 1 heterocycles. The van der Waals surface area contributed by atoms with E-state index in [-0.39, 0.29) is 5.82 Å². The second-order valence-corrected chi connectivity index (χ2v) is 1.12. The fourth-order valence-electron chi connectivity index (χ4n) is 0.303.